The van der Waals surface area contributed by atoms with E-state index in [1.165, 1.54) is 62.4 Å². The number of hydrogen-bond donors (Lipinski definition) is 1. The van der Waals surface area contributed by atoms with Gasteiger partial charge in [0.05, 0.1) is 10.6 Å². The molecule has 0 aliphatic heterocycles. The minimum absolute atomic E-state index is 0.0719. The summed E-state index contributed by atoms with van der Waals surface area (Å²) in [4.78, 5) is 13.0. The molecule has 1 aliphatic carbocycles. The Bertz CT molecular complexity index is 1120. The van der Waals surface area contributed by atoms with Gasteiger partial charge in [-0.2, -0.15) is 5.10 Å². The van der Waals surface area contributed by atoms with E-state index in [1.807, 2.05) is 6.92 Å². The van der Waals surface area contributed by atoms with Crippen molar-refractivity contribution in [2.45, 2.75) is 82.4 Å². The third kappa shape index (κ3) is 8.79. The zero-order valence-corrected chi connectivity index (χ0v) is 23.1. The molecule has 2 aromatic carbocycles. The quantitative estimate of drug-likeness (QED) is 0.383. The van der Waals surface area contributed by atoms with Crippen LogP contribution in [0.15, 0.2) is 52.5 Å². The smallest absolute Gasteiger partial charge is 0.264 e. The van der Waals surface area contributed by atoms with Crippen molar-refractivity contribution in [1.82, 2.24) is 5.43 Å². The molecule has 2 aromatic rings. The zero-order chi connectivity index (χ0) is 26.0. The van der Waals surface area contributed by atoms with Gasteiger partial charge < -0.3 is 0 Å². The summed E-state index contributed by atoms with van der Waals surface area (Å²) < 4.78 is 28.1. The van der Waals surface area contributed by atoms with Crippen LogP contribution >= 0.6 is 23.2 Å². The van der Waals surface area contributed by atoms with Crippen molar-refractivity contribution < 1.29 is 13.2 Å². The lowest BCUT2D eigenvalue weighted by Gasteiger charge is -2.24. The molecule has 3 rings (SSSR count). The first-order valence-corrected chi connectivity index (χ1v) is 14.8. The summed E-state index contributed by atoms with van der Waals surface area (Å²) in [7, 11) is -4.06. The Kier molecular flexibility index (Phi) is 11.1. The topological polar surface area (TPSA) is 78.8 Å². The van der Waals surface area contributed by atoms with Gasteiger partial charge in [0.2, 0.25) is 0 Å². The maximum Gasteiger partial charge on any atom is 0.264 e. The average Bonchev–Trinajstić information content (AvgIpc) is 2.82. The van der Waals surface area contributed by atoms with E-state index < -0.39 is 22.5 Å². The van der Waals surface area contributed by atoms with E-state index in [2.05, 4.69) is 10.5 Å². The molecule has 0 saturated heterocycles. The van der Waals surface area contributed by atoms with Gasteiger partial charge in [0, 0.05) is 15.8 Å². The number of benzene rings is 2. The molecule has 0 aromatic heterocycles. The summed E-state index contributed by atoms with van der Waals surface area (Å²) in [6.45, 7) is 1.42. The second-order valence-electron chi connectivity index (χ2n) is 9.35. The number of nitrogens with zero attached hydrogens (tertiary/aromatic N) is 2. The second-order valence-corrected chi connectivity index (χ2v) is 12.1. The van der Waals surface area contributed by atoms with Gasteiger partial charge in [-0.3, -0.25) is 9.10 Å². The molecule has 1 aliphatic rings. The van der Waals surface area contributed by atoms with Crippen LogP contribution in [0.4, 0.5) is 5.69 Å². The van der Waals surface area contributed by atoms with Gasteiger partial charge >= 0.3 is 0 Å². The van der Waals surface area contributed by atoms with Gasteiger partial charge in [0.25, 0.3) is 15.9 Å². The summed E-state index contributed by atoms with van der Waals surface area (Å²) in [5.74, 6) is -0.527. The average molecular weight is 553 g/mol. The molecule has 196 valence electrons. The SMILES string of the molecule is Cc1ccc(S(=O)(=O)N(CC(=O)NN=C2CCCCCCCCCCC2)c2cc(Cl)cc(Cl)c2)cc1. The monoisotopic (exact) mass is 551 g/mol. The predicted molar refractivity (Wildman–Crippen MR) is 149 cm³/mol. The molecule has 36 heavy (non-hydrogen) atoms. The van der Waals surface area contributed by atoms with Crippen molar-refractivity contribution in [2.24, 2.45) is 5.10 Å². The highest BCUT2D eigenvalue weighted by Crippen LogP contribution is 2.29. The Morgan fingerprint density at radius 2 is 1.36 bits per heavy atom. The molecular formula is C27H35Cl2N3O3S. The number of hydrogen-bond acceptors (Lipinski definition) is 4. The predicted octanol–water partition coefficient (Wildman–Crippen LogP) is 7.27. The number of halogens is 2. The molecule has 0 bridgehead atoms. The highest BCUT2D eigenvalue weighted by Gasteiger charge is 2.28. The molecule has 0 radical (unpaired) electrons. The molecule has 1 saturated carbocycles. The molecule has 0 spiro atoms. The molecule has 0 heterocycles. The molecule has 0 unspecified atom stereocenters. The third-order valence-electron chi connectivity index (χ3n) is 6.30. The van der Waals surface area contributed by atoms with E-state index in [-0.39, 0.29) is 20.6 Å². The Hall–Kier alpha value is -2.09. The molecular weight excluding hydrogens is 517 g/mol. The van der Waals surface area contributed by atoms with Gasteiger partial charge in [0.15, 0.2) is 0 Å². The first kappa shape index (κ1) is 28.5. The maximum absolute atomic E-state index is 13.5. The van der Waals surface area contributed by atoms with Crippen LogP contribution in [0.25, 0.3) is 0 Å². The van der Waals surface area contributed by atoms with Crippen molar-refractivity contribution in [3.05, 3.63) is 58.1 Å². The van der Waals surface area contributed by atoms with E-state index in [9.17, 15) is 13.2 Å². The number of amides is 1. The van der Waals surface area contributed by atoms with Crippen molar-refractivity contribution in [2.75, 3.05) is 10.8 Å². The Balaban J connectivity index is 1.79. The van der Waals surface area contributed by atoms with Crippen LogP contribution in [-0.2, 0) is 14.8 Å². The molecule has 1 N–H and O–H groups in total. The lowest BCUT2D eigenvalue weighted by atomic mass is 10.00. The fourth-order valence-electron chi connectivity index (χ4n) is 4.28. The molecule has 6 nitrogen and oxygen atoms in total. The van der Waals surface area contributed by atoms with E-state index >= 15 is 0 Å². The van der Waals surface area contributed by atoms with Gasteiger partial charge in [-0.1, -0.05) is 85.8 Å². The highest BCUT2D eigenvalue weighted by molar-refractivity contribution is 7.92. The maximum atomic E-state index is 13.5. The van der Waals surface area contributed by atoms with E-state index in [1.54, 1.807) is 12.1 Å². The minimum atomic E-state index is -4.06. The Morgan fingerprint density at radius 3 is 1.89 bits per heavy atom. The molecule has 0 atom stereocenters. The number of aryl methyl sites for hydroxylation is 1. The summed E-state index contributed by atoms with van der Waals surface area (Å²) in [5.41, 5.74) is 4.70. The summed E-state index contributed by atoms with van der Waals surface area (Å²) >= 11 is 12.3. The second kappa shape index (κ2) is 14.0. The zero-order valence-electron chi connectivity index (χ0n) is 20.8. The number of rotatable bonds is 6. The van der Waals surface area contributed by atoms with Gasteiger partial charge in [-0.25, -0.2) is 13.8 Å². The number of carbonyl (C=O) groups excluding carboxylic acids is 1. The van der Waals surface area contributed by atoms with Crippen molar-refractivity contribution >= 4 is 50.5 Å². The van der Waals surface area contributed by atoms with Crippen LogP contribution in [0.1, 0.15) is 76.2 Å². The number of anilines is 1. The molecule has 9 heteroatoms. The third-order valence-corrected chi connectivity index (χ3v) is 8.53. The first-order chi connectivity index (χ1) is 17.3. The lowest BCUT2D eigenvalue weighted by Crippen LogP contribution is -2.39. The lowest BCUT2D eigenvalue weighted by molar-refractivity contribution is -0.119. The standard InChI is InChI=1S/C27H35Cl2N3O3S/c1-21-13-15-26(16-14-21)36(34,35)32(25-18-22(28)17-23(29)19-25)20-27(33)31-30-24-11-9-7-5-3-2-4-6-8-10-12-24/h13-19H,2-12,20H2,1H3,(H,31,33). The summed E-state index contributed by atoms with van der Waals surface area (Å²) in [5, 5.41) is 4.95. The Labute approximate surface area is 225 Å². The minimum Gasteiger partial charge on any atom is -0.271 e. The number of sulfonamides is 1. The van der Waals surface area contributed by atoms with E-state index in [0.29, 0.717) is 0 Å². The summed E-state index contributed by atoms with van der Waals surface area (Å²) in [6.07, 6.45) is 12.4. The van der Waals surface area contributed by atoms with Crippen LogP contribution < -0.4 is 9.73 Å². The van der Waals surface area contributed by atoms with Crippen LogP contribution in [0.2, 0.25) is 10.0 Å². The van der Waals surface area contributed by atoms with Gasteiger partial charge in [-0.15, -0.1) is 0 Å². The summed E-state index contributed by atoms with van der Waals surface area (Å²) in [6, 6.07) is 10.9. The van der Waals surface area contributed by atoms with Crippen LogP contribution in [-0.4, -0.2) is 26.6 Å². The fraction of sp³-hybridized carbons (Fsp3) is 0.481. The molecule has 1 amide bonds. The van der Waals surface area contributed by atoms with E-state index in [0.717, 1.165) is 54.1 Å². The normalized spacial score (nSPS) is 15.9. The number of nitrogens with one attached hydrogen (secondary N) is 1. The van der Waals surface area contributed by atoms with Crippen molar-refractivity contribution in [3.63, 3.8) is 0 Å². The molecule has 1 fully saturated rings. The van der Waals surface area contributed by atoms with Crippen LogP contribution in [0, 0.1) is 6.92 Å². The van der Waals surface area contributed by atoms with Crippen molar-refractivity contribution in [3.8, 4) is 0 Å². The van der Waals surface area contributed by atoms with Gasteiger partial charge in [0.1, 0.15) is 6.54 Å². The Morgan fingerprint density at radius 1 is 0.861 bits per heavy atom. The van der Waals surface area contributed by atoms with Crippen molar-refractivity contribution in [1.29, 1.82) is 0 Å². The van der Waals surface area contributed by atoms with E-state index in [4.69, 9.17) is 23.2 Å². The van der Waals surface area contributed by atoms with Gasteiger partial charge in [-0.05, 0) is 62.9 Å². The van der Waals surface area contributed by atoms with Crippen LogP contribution in [0.3, 0.4) is 0 Å². The highest BCUT2D eigenvalue weighted by atomic mass is 35.5. The number of hydrazone groups is 1. The largest absolute Gasteiger partial charge is 0.271 e. The van der Waals surface area contributed by atoms with Crippen LogP contribution in [0.5, 0.6) is 0 Å². The number of carbonyl (C=O) groups is 1. The first-order valence-electron chi connectivity index (χ1n) is 12.7. The fourth-order valence-corrected chi connectivity index (χ4v) is 6.19.